The van der Waals surface area contributed by atoms with Crippen LogP contribution in [0.25, 0.3) is 11.3 Å². The predicted molar refractivity (Wildman–Crippen MR) is 61.4 cm³/mol. The standard InChI is InChI=1S/C13H11FN2O/c14-11-3-1-10(2-4-11)13-6-5-12(17-13)9-16-8-7-15/h1-6,16H,8-9H2. The molecule has 1 heterocycles. The number of rotatable bonds is 4. The third-order valence-corrected chi connectivity index (χ3v) is 2.29. The maximum atomic E-state index is 12.7. The zero-order valence-electron chi connectivity index (χ0n) is 9.11. The summed E-state index contributed by atoms with van der Waals surface area (Å²) in [6.07, 6.45) is 0. The second-order valence-electron chi connectivity index (χ2n) is 3.53. The molecule has 4 heteroatoms. The van der Waals surface area contributed by atoms with Crippen molar-refractivity contribution >= 4 is 0 Å². The van der Waals surface area contributed by atoms with Crippen LogP contribution in [0.3, 0.4) is 0 Å². The van der Waals surface area contributed by atoms with E-state index in [9.17, 15) is 4.39 Å². The van der Waals surface area contributed by atoms with Crippen LogP contribution in [-0.4, -0.2) is 6.54 Å². The topological polar surface area (TPSA) is 49.0 Å². The molecule has 0 bridgehead atoms. The van der Waals surface area contributed by atoms with Crippen molar-refractivity contribution in [2.45, 2.75) is 6.54 Å². The number of halogens is 1. The van der Waals surface area contributed by atoms with E-state index in [4.69, 9.17) is 9.68 Å². The number of furan rings is 1. The molecule has 1 aromatic heterocycles. The molecule has 3 nitrogen and oxygen atoms in total. The van der Waals surface area contributed by atoms with Gasteiger partial charge in [0, 0.05) is 5.56 Å². The van der Waals surface area contributed by atoms with E-state index in [0.29, 0.717) is 12.3 Å². The Morgan fingerprint density at radius 1 is 1.18 bits per heavy atom. The molecule has 86 valence electrons. The lowest BCUT2D eigenvalue weighted by atomic mass is 10.2. The molecule has 1 aromatic carbocycles. The molecule has 2 rings (SSSR count). The van der Waals surface area contributed by atoms with Crippen molar-refractivity contribution in [2.24, 2.45) is 0 Å². The summed E-state index contributed by atoms with van der Waals surface area (Å²) in [7, 11) is 0. The fraction of sp³-hybridized carbons (Fsp3) is 0.154. The van der Waals surface area contributed by atoms with Gasteiger partial charge in [0.2, 0.25) is 0 Å². The van der Waals surface area contributed by atoms with Crippen LogP contribution in [0.1, 0.15) is 5.76 Å². The average Bonchev–Trinajstić information content (AvgIpc) is 2.79. The summed E-state index contributed by atoms with van der Waals surface area (Å²) in [6, 6.07) is 11.8. The molecule has 0 amide bonds. The molecule has 0 atom stereocenters. The molecule has 2 aromatic rings. The van der Waals surface area contributed by atoms with Gasteiger partial charge in [-0.15, -0.1) is 0 Å². The Balaban J connectivity index is 2.08. The van der Waals surface area contributed by atoms with E-state index < -0.39 is 0 Å². The van der Waals surface area contributed by atoms with E-state index in [0.717, 1.165) is 11.3 Å². The molecule has 0 spiro atoms. The molecule has 0 saturated carbocycles. The summed E-state index contributed by atoms with van der Waals surface area (Å²) >= 11 is 0. The minimum absolute atomic E-state index is 0.267. The van der Waals surface area contributed by atoms with Crippen molar-refractivity contribution in [3.8, 4) is 17.4 Å². The first kappa shape index (κ1) is 11.4. The Morgan fingerprint density at radius 3 is 2.65 bits per heavy atom. The fourth-order valence-corrected chi connectivity index (χ4v) is 1.48. The van der Waals surface area contributed by atoms with Crippen molar-refractivity contribution in [1.29, 1.82) is 5.26 Å². The Bertz CT molecular complexity index is 525. The van der Waals surface area contributed by atoms with Crippen molar-refractivity contribution in [3.63, 3.8) is 0 Å². The number of benzene rings is 1. The van der Waals surface area contributed by atoms with Crippen LogP contribution in [0.2, 0.25) is 0 Å². The van der Waals surface area contributed by atoms with E-state index in [1.807, 2.05) is 18.2 Å². The van der Waals surface area contributed by atoms with Gasteiger partial charge in [-0.3, -0.25) is 5.32 Å². The Labute approximate surface area is 98.5 Å². The Morgan fingerprint density at radius 2 is 1.94 bits per heavy atom. The second-order valence-corrected chi connectivity index (χ2v) is 3.53. The summed E-state index contributed by atoms with van der Waals surface area (Å²) in [5.74, 6) is 1.18. The summed E-state index contributed by atoms with van der Waals surface area (Å²) in [5.41, 5.74) is 0.831. The number of nitrogens with one attached hydrogen (secondary N) is 1. The first-order chi connectivity index (χ1) is 8.29. The number of hydrogen-bond donors (Lipinski definition) is 1. The predicted octanol–water partition coefficient (Wildman–Crippen LogP) is 2.70. The normalized spacial score (nSPS) is 10.1. The number of hydrogen-bond acceptors (Lipinski definition) is 3. The number of nitrogens with zero attached hydrogens (tertiary/aromatic N) is 1. The van der Waals surface area contributed by atoms with Crippen LogP contribution in [-0.2, 0) is 6.54 Å². The fourth-order valence-electron chi connectivity index (χ4n) is 1.48. The molecule has 17 heavy (non-hydrogen) atoms. The lowest BCUT2D eigenvalue weighted by Crippen LogP contribution is -2.12. The van der Waals surface area contributed by atoms with Gasteiger partial charge in [0.1, 0.15) is 17.3 Å². The molecule has 0 radical (unpaired) electrons. The average molecular weight is 230 g/mol. The summed E-state index contributed by atoms with van der Waals surface area (Å²) in [4.78, 5) is 0. The SMILES string of the molecule is N#CCNCc1ccc(-c2ccc(F)cc2)o1. The number of nitriles is 1. The monoisotopic (exact) mass is 230 g/mol. The molecule has 0 unspecified atom stereocenters. The zero-order valence-corrected chi connectivity index (χ0v) is 9.11. The van der Waals surface area contributed by atoms with E-state index in [1.54, 1.807) is 12.1 Å². The Hall–Kier alpha value is -2.12. The highest BCUT2D eigenvalue weighted by Crippen LogP contribution is 2.22. The van der Waals surface area contributed by atoms with Crippen LogP contribution in [0, 0.1) is 17.1 Å². The maximum absolute atomic E-state index is 12.7. The van der Waals surface area contributed by atoms with Gasteiger partial charge in [-0.1, -0.05) is 0 Å². The molecule has 0 fully saturated rings. The lowest BCUT2D eigenvalue weighted by Gasteiger charge is -1.98. The molecule has 0 aliphatic heterocycles. The molecular formula is C13H11FN2O. The molecule has 0 aliphatic rings. The molecular weight excluding hydrogens is 219 g/mol. The van der Waals surface area contributed by atoms with Crippen LogP contribution in [0.4, 0.5) is 4.39 Å². The summed E-state index contributed by atoms with van der Waals surface area (Å²) in [5, 5.41) is 11.3. The summed E-state index contributed by atoms with van der Waals surface area (Å²) < 4.78 is 18.3. The lowest BCUT2D eigenvalue weighted by molar-refractivity contribution is 0.502. The van der Waals surface area contributed by atoms with Gasteiger partial charge in [-0.05, 0) is 36.4 Å². The van der Waals surface area contributed by atoms with Gasteiger partial charge >= 0.3 is 0 Å². The van der Waals surface area contributed by atoms with Crippen molar-refractivity contribution in [3.05, 3.63) is 48.0 Å². The summed E-state index contributed by atoms with van der Waals surface area (Å²) in [6.45, 7) is 0.793. The van der Waals surface area contributed by atoms with E-state index in [1.165, 1.54) is 12.1 Å². The molecule has 0 saturated heterocycles. The van der Waals surface area contributed by atoms with Crippen LogP contribution in [0.5, 0.6) is 0 Å². The van der Waals surface area contributed by atoms with E-state index in [-0.39, 0.29) is 12.4 Å². The largest absolute Gasteiger partial charge is 0.460 e. The molecule has 1 N–H and O–H groups in total. The zero-order chi connectivity index (χ0) is 12.1. The highest BCUT2D eigenvalue weighted by molar-refractivity contribution is 5.57. The van der Waals surface area contributed by atoms with Crippen LogP contribution < -0.4 is 5.32 Å². The van der Waals surface area contributed by atoms with Crippen molar-refractivity contribution in [1.82, 2.24) is 5.32 Å². The molecule has 0 aliphatic carbocycles. The van der Waals surface area contributed by atoms with Gasteiger partial charge in [0.25, 0.3) is 0 Å². The smallest absolute Gasteiger partial charge is 0.134 e. The highest BCUT2D eigenvalue weighted by Gasteiger charge is 2.04. The van der Waals surface area contributed by atoms with Gasteiger partial charge in [0.05, 0.1) is 19.2 Å². The van der Waals surface area contributed by atoms with E-state index >= 15 is 0 Å². The van der Waals surface area contributed by atoms with Crippen molar-refractivity contribution in [2.75, 3.05) is 6.54 Å². The first-order valence-electron chi connectivity index (χ1n) is 5.22. The maximum Gasteiger partial charge on any atom is 0.134 e. The van der Waals surface area contributed by atoms with Gasteiger partial charge in [-0.2, -0.15) is 5.26 Å². The van der Waals surface area contributed by atoms with Gasteiger partial charge in [-0.25, -0.2) is 4.39 Å². The van der Waals surface area contributed by atoms with Gasteiger partial charge < -0.3 is 4.42 Å². The third kappa shape index (κ3) is 2.92. The van der Waals surface area contributed by atoms with Crippen LogP contribution in [0.15, 0.2) is 40.8 Å². The minimum Gasteiger partial charge on any atom is -0.460 e. The van der Waals surface area contributed by atoms with Crippen molar-refractivity contribution < 1.29 is 8.81 Å². The quantitative estimate of drug-likeness (QED) is 0.649. The Kier molecular flexibility index (Phi) is 3.53. The second kappa shape index (κ2) is 5.28. The minimum atomic E-state index is -0.267. The van der Waals surface area contributed by atoms with Crippen LogP contribution >= 0.6 is 0 Å². The third-order valence-electron chi connectivity index (χ3n) is 2.29. The highest BCUT2D eigenvalue weighted by atomic mass is 19.1. The first-order valence-corrected chi connectivity index (χ1v) is 5.22. The van der Waals surface area contributed by atoms with Gasteiger partial charge in [0.15, 0.2) is 0 Å². The van der Waals surface area contributed by atoms with E-state index in [2.05, 4.69) is 5.32 Å².